The monoisotopic (exact) mass is 477 g/mol. The molecule has 2 aromatic carbocycles. The number of hydrogen-bond donors (Lipinski definition) is 1. The summed E-state index contributed by atoms with van der Waals surface area (Å²) in [7, 11) is 0. The Labute approximate surface area is 181 Å². The number of unbranched alkanes of at least 4 members (excludes halogenated alkanes) is 1. The van der Waals surface area contributed by atoms with E-state index in [1.54, 1.807) is 0 Å². The first-order valence-corrected chi connectivity index (χ1v) is 10.4. The molecule has 2 nitrogen and oxygen atoms in total. The molecule has 5 rings (SSSR count). The normalized spacial score (nSPS) is 27.2. The van der Waals surface area contributed by atoms with E-state index in [1.807, 2.05) is 12.1 Å². The molecule has 0 aromatic heterocycles. The summed E-state index contributed by atoms with van der Waals surface area (Å²) in [5, 5.41) is 12.2. The number of aliphatic hydroxyl groups is 1. The molecule has 1 N–H and O–H groups in total. The van der Waals surface area contributed by atoms with Crippen LogP contribution in [0.15, 0.2) is 60.7 Å². The highest BCUT2D eigenvalue weighted by molar-refractivity contribution is 5.37. The minimum absolute atomic E-state index is 0. The Morgan fingerprint density at radius 2 is 1.44 bits per heavy atom. The first-order chi connectivity index (χ1) is 12.7. The summed E-state index contributed by atoms with van der Waals surface area (Å²) in [6.07, 6.45) is 5.08. The average molecular weight is 477 g/mol. The van der Waals surface area contributed by atoms with Gasteiger partial charge in [-0.05, 0) is 23.5 Å². The van der Waals surface area contributed by atoms with E-state index in [9.17, 15) is 5.11 Å². The third-order valence-corrected chi connectivity index (χ3v) is 7.05. The van der Waals surface area contributed by atoms with Crippen LogP contribution < -0.4 is 24.0 Å². The van der Waals surface area contributed by atoms with E-state index in [-0.39, 0.29) is 24.0 Å². The molecule has 2 aromatic rings. The van der Waals surface area contributed by atoms with E-state index in [2.05, 4.69) is 55.5 Å². The molecule has 0 saturated carbocycles. The summed E-state index contributed by atoms with van der Waals surface area (Å²) < 4.78 is 1.22. The number of halogens is 1. The molecule has 3 fully saturated rings. The number of nitrogens with zero attached hydrogens (tertiary/aromatic N) is 1. The highest BCUT2D eigenvalue weighted by Gasteiger charge is 2.54. The first-order valence-electron chi connectivity index (χ1n) is 10.4. The zero-order valence-electron chi connectivity index (χ0n) is 16.4. The van der Waals surface area contributed by atoms with Gasteiger partial charge in [-0.25, -0.2) is 0 Å². The number of fused-ring (bicyclic) bond motifs is 3. The van der Waals surface area contributed by atoms with Crippen LogP contribution in [0.4, 0.5) is 0 Å². The van der Waals surface area contributed by atoms with E-state index < -0.39 is 5.60 Å². The van der Waals surface area contributed by atoms with Gasteiger partial charge in [-0.1, -0.05) is 74.0 Å². The second kappa shape index (κ2) is 8.62. The lowest BCUT2D eigenvalue weighted by molar-refractivity contribution is -0.948. The molecule has 27 heavy (non-hydrogen) atoms. The number of quaternary nitrogens is 1. The van der Waals surface area contributed by atoms with Gasteiger partial charge in [-0.2, -0.15) is 0 Å². The van der Waals surface area contributed by atoms with Crippen molar-refractivity contribution in [2.45, 2.75) is 38.2 Å². The first kappa shape index (κ1) is 20.8. The fourth-order valence-electron chi connectivity index (χ4n) is 5.55. The van der Waals surface area contributed by atoms with Crippen molar-refractivity contribution in [2.24, 2.45) is 11.8 Å². The Hall–Kier alpha value is -0.910. The third-order valence-electron chi connectivity index (χ3n) is 7.05. The predicted molar refractivity (Wildman–Crippen MR) is 107 cm³/mol. The molecule has 0 amide bonds. The lowest BCUT2D eigenvalue weighted by Gasteiger charge is -2.56. The number of benzene rings is 2. The molecule has 3 heteroatoms. The van der Waals surface area contributed by atoms with Crippen molar-refractivity contribution in [3.05, 3.63) is 71.8 Å². The molecule has 2 bridgehead atoms. The highest BCUT2D eigenvalue weighted by Crippen LogP contribution is 2.49. The summed E-state index contributed by atoms with van der Waals surface area (Å²) in [6.45, 7) is 7.29. The SMILES string of the molecule is CCCC[N+]12CCC(CC1)C(C(O)(c1ccccc1)c1ccccc1)C2.[I-]. The minimum atomic E-state index is -0.885. The molecular weight excluding hydrogens is 445 g/mol. The van der Waals surface area contributed by atoms with Crippen LogP contribution in [0.5, 0.6) is 0 Å². The van der Waals surface area contributed by atoms with E-state index in [0.717, 1.165) is 17.7 Å². The van der Waals surface area contributed by atoms with Crippen molar-refractivity contribution in [1.82, 2.24) is 0 Å². The van der Waals surface area contributed by atoms with Crippen LogP contribution >= 0.6 is 0 Å². The largest absolute Gasteiger partial charge is 1.00 e. The Balaban J connectivity index is 0.00000210. The van der Waals surface area contributed by atoms with Crippen molar-refractivity contribution >= 4 is 0 Å². The van der Waals surface area contributed by atoms with Crippen LogP contribution in [0, 0.1) is 11.8 Å². The van der Waals surface area contributed by atoms with Crippen LogP contribution in [0.2, 0.25) is 0 Å². The second-order valence-corrected chi connectivity index (χ2v) is 8.49. The zero-order valence-corrected chi connectivity index (χ0v) is 18.5. The molecule has 0 spiro atoms. The Bertz CT molecular complexity index is 670. The van der Waals surface area contributed by atoms with Crippen LogP contribution in [-0.4, -0.2) is 35.8 Å². The molecule has 1 atom stereocenters. The van der Waals surface area contributed by atoms with Crippen molar-refractivity contribution < 1.29 is 33.6 Å². The predicted octanol–water partition coefficient (Wildman–Crippen LogP) is 1.58. The van der Waals surface area contributed by atoms with Gasteiger partial charge in [-0.15, -0.1) is 0 Å². The molecular formula is C24H32INO. The quantitative estimate of drug-likeness (QED) is 0.495. The second-order valence-electron chi connectivity index (χ2n) is 8.49. The maximum absolute atomic E-state index is 12.2. The van der Waals surface area contributed by atoms with Gasteiger partial charge in [0.1, 0.15) is 5.60 Å². The summed E-state index contributed by atoms with van der Waals surface area (Å²) >= 11 is 0. The van der Waals surface area contributed by atoms with Crippen LogP contribution in [0.25, 0.3) is 0 Å². The van der Waals surface area contributed by atoms with Gasteiger partial charge in [0, 0.05) is 18.8 Å². The third kappa shape index (κ3) is 3.83. The zero-order chi connectivity index (χ0) is 18.0. The van der Waals surface area contributed by atoms with Crippen molar-refractivity contribution in [3.8, 4) is 0 Å². The van der Waals surface area contributed by atoms with Gasteiger partial charge < -0.3 is 33.6 Å². The van der Waals surface area contributed by atoms with E-state index >= 15 is 0 Å². The van der Waals surface area contributed by atoms with Gasteiger partial charge in [0.05, 0.1) is 26.2 Å². The molecule has 0 radical (unpaired) electrons. The van der Waals surface area contributed by atoms with Crippen molar-refractivity contribution in [2.75, 3.05) is 26.2 Å². The van der Waals surface area contributed by atoms with E-state index in [4.69, 9.17) is 0 Å². The lowest BCUT2D eigenvalue weighted by atomic mass is 9.64. The average Bonchev–Trinajstić information content (AvgIpc) is 2.74. The topological polar surface area (TPSA) is 20.2 Å². The fraction of sp³-hybridized carbons (Fsp3) is 0.500. The maximum atomic E-state index is 12.2. The number of rotatable bonds is 6. The lowest BCUT2D eigenvalue weighted by Crippen LogP contribution is -3.00. The van der Waals surface area contributed by atoms with Crippen LogP contribution in [0.1, 0.15) is 43.7 Å². The van der Waals surface area contributed by atoms with Gasteiger partial charge in [0.15, 0.2) is 0 Å². The van der Waals surface area contributed by atoms with Gasteiger partial charge in [0.2, 0.25) is 0 Å². The Kier molecular flexibility index (Phi) is 6.65. The summed E-state index contributed by atoms with van der Waals surface area (Å²) in [5.41, 5.74) is 1.22. The van der Waals surface area contributed by atoms with Gasteiger partial charge in [-0.3, -0.25) is 0 Å². The van der Waals surface area contributed by atoms with E-state index in [0.29, 0.717) is 11.8 Å². The van der Waals surface area contributed by atoms with Gasteiger partial charge >= 0.3 is 0 Å². The smallest absolute Gasteiger partial charge is 0.123 e. The molecule has 3 saturated heterocycles. The Morgan fingerprint density at radius 3 is 1.93 bits per heavy atom. The minimum Gasteiger partial charge on any atom is -1.00 e. The number of hydrogen-bond acceptors (Lipinski definition) is 1. The molecule has 146 valence electrons. The standard InChI is InChI=1S/C24H32NO.HI/c1-2-3-16-25-17-14-20(15-18-25)23(19-25)24(26,21-10-6-4-7-11-21)22-12-8-5-9-13-22;/h4-13,20,23,26H,2-3,14-19H2,1H3;1H/q+1;/p-1. The summed E-state index contributed by atoms with van der Waals surface area (Å²) in [5.74, 6) is 0.925. The molecule has 3 aliphatic heterocycles. The molecule has 3 aliphatic rings. The van der Waals surface area contributed by atoms with Crippen LogP contribution in [0.3, 0.4) is 0 Å². The molecule has 3 heterocycles. The maximum Gasteiger partial charge on any atom is 0.123 e. The van der Waals surface area contributed by atoms with Crippen molar-refractivity contribution in [1.29, 1.82) is 0 Å². The van der Waals surface area contributed by atoms with Gasteiger partial charge in [0.25, 0.3) is 0 Å². The number of piperidine rings is 3. The molecule has 1 unspecified atom stereocenters. The molecule has 0 aliphatic carbocycles. The summed E-state index contributed by atoms with van der Waals surface area (Å²) in [4.78, 5) is 0. The highest BCUT2D eigenvalue weighted by atomic mass is 127. The Morgan fingerprint density at radius 1 is 0.926 bits per heavy atom. The van der Waals surface area contributed by atoms with Crippen LogP contribution in [-0.2, 0) is 5.60 Å². The summed E-state index contributed by atoms with van der Waals surface area (Å²) in [6, 6.07) is 20.8. The van der Waals surface area contributed by atoms with Crippen molar-refractivity contribution in [3.63, 3.8) is 0 Å². The fourth-order valence-corrected chi connectivity index (χ4v) is 5.55. The van der Waals surface area contributed by atoms with E-state index in [1.165, 1.54) is 49.8 Å².